The normalized spacial score (nSPS) is 33.9. The van der Waals surface area contributed by atoms with Crippen molar-refractivity contribution in [2.75, 3.05) is 5.73 Å². The van der Waals surface area contributed by atoms with Gasteiger partial charge in [0.2, 0.25) is 0 Å². The fourth-order valence-electron chi connectivity index (χ4n) is 4.47. The summed E-state index contributed by atoms with van der Waals surface area (Å²) < 4.78 is 0. The number of fused-ring (bicyclic) bond motifs is 4. The van der Waals surface area contributed by atoms with Crippen LogP contribution in [0.15, 0.2) is 29.8 Å². The maximum Gasteiger partial charge on any atom is 0.0349 e. The van der Waals surface area contributed by atoms with Gasteiger partial charge in [-0.05, 0) is 67.1 Å². The van der Waals surface area contributed by atoms with Gasteiger partial charge in [0, 0.05) is 5.69 Å². The van der Waals surface area contributed by atoms with Crippen LogP contribution in [-0.4, -0.2) is 0 Å². The summed E-state index contributed by atoms with van der Waals surface area (Å²) >= 11 is 0. The summed E-state index contributed by atoms with van der Waals surface area (Å²) in [5, 5.41) is 0. The van der Waals surface area contributed by atoms with E-state index in [1.807, 2.05) is 0 Å². The molecule has 1 spiro atoms. The molecule has 0 radical (unpaired) electrons. The van der Waals surface area contributed by atoms with Crippen LogP contribution in [0.4, 0.5) is 5.69 Å². The number of allylic oxidation sites excluding steroid dienone is 2. The van der Waals surface area contributed by atoms with E-state index in [-0.39, 0.29) is 0 Å². The minimum absolute atomic E-state index is 0.602. The zero-order chi connectivity index (χ0) is 11.5. The van der Waals surface area contributed by atoms with Crippen LogP contribution in [0.2, 0.25) is 0 Å². The Hall–Kier alpha value is -1.24. The molecule has 17 heavy (non-hydrogen) atoms. The molecule has 1 saturated carbocycles. The number of rotatable bonds is 0. The molecule has 1 aromatic carbocycles. The molecule has 1 aromatic rings. The molecule has 0 heterocycles. The Morgan fingerprint density at radius 3 is 2.94 bits per heavy atom. The Morgan fingerprint density at radius 2 is 2.18 bits per heavy atom. The molecule has 2 bridgehead atoms. The second-order valence-electron chi connectivity index (χ2n) is 6.20. The van der Waals surface area contributed by atoms with Crippen LogP contribution in [-0.2, 0) is 12.8 Å². The van der Waals surface area contributed by atoms with E-state index in [0.717, 1.165) is 11.6 Å². The molecule has 0 aromatic heterocycles. The summed E-state index contributed by atoms with van der Waals surface area (Å²) in [6.45, 7) is 0. The maximum absolute atomic E-state index is 6.09. The third kappa shape index (κ3) is 1.25. The third-order valence-corrected chi connectivity index (χ3v) is 5.37. The van der Waals surface area contributed by atoms with Gasteiger partial charge < -0.3 is 5.73 Å². The standard InChI is InChI=1S/C16H19N/c17-15-3-1-2-12-10-16(7-6-14(12)15)9-11-4-5-13(16)8-11/h1-4,13H,5-10,17H2. The van der Waals surface area contributed by atoms with E-state index < -0.39 is 0 Å². The topological polar surface area (TPSA) is 26.0 Å². The van der Waals surface area contributed by atoms with Gasteiger partial charge in [0.1, 0.15) is 0 Å². The molecule has 2 unspecified atom stereocenters. The first-order chi connectivity index (χ1) is 8.27. The van der Waals surface area contributed by atoms with Crippen molar-refractivity contribution >= 4 is 5.69 Å². The van der Waals surface area contributed by atoms with Crippen molar-refractivity contribution in [1.29, 1.82) is 0 Å². The van der Waals surface area contributed by atoms with Crippen molar-refractivity contribution in [2.45, 2.75) is 38.5 Å². The van der Waals surface area contributed by atoms with Crippen molar-refractivity contribution in [3.63, 3.8) is 0 Å². The summed E-state index contributed by atoms with van der Waals surface area (Å²) in [5.74, 6) is 0.937. The van der Waals surface area contributed by atoms with E-state index in [0.29, 0.717) is 5.41 Å². The predicted molar refractivity (Wildman–Crippen MR) is 70.7 cm³/mol. The zero-order valence-electron chi connectivity index (χ0n) is 10.2. The molecule has 1 heteroatoms. The number of hydrogen-bond donors (Lipinski definition) is 1. The largest absolute Gasteiger partial charge is 0.398 e. The van der Waals surface area contributed by atoms with Gasteiger partial charge in [0.25, 0.3) is 0 Å². The van der Waals surface area contributed by atoms with Gasteiger partial charge in [-0.2, -0.15) is 0 Å². The molecule has 1 fully saturated rings. The second-order valence-corrected chi connectivity index (χ2v) is 6.20. The van der Waals surface area contributed by atoms with Crippen molar-refractivity contribution in [3.8, 4) is 0 Å². The van der Waals surface area contributed by atoms with Crippen molar-refractivity contribution in [2.24, 2.45) is 11.3 Å². The zero-order valence-corrected chi connectivity index (χ0v) is 10.2. The fraction of sp³-hybridized carbons (Fsp3) is 0.500. The predicted octanol–water partition coefficient (Wildman–Crippen LogP) is 3.48. The lowest BCUT2D eigenvalue weighted by Gasteiger charge is -2.40. The number of nitrogen functional groups attached to an aromatic ring is 1. The van der Waals surface area contributed by atoms with Crippen LogP contribution in [0.1, 0.15) is 36.8 Å². The van der Waals surface area contributed by atoms with E-state index in [4.69, 9.17) is 5.73 Å². The first kappa shape index (κ1) is 9.76. The monoisotopic (exact) mass is 225 g/mol. The highest BCUT2D eigenvalue weighted by molar-refractivity contribution is 5.52. The lowest BCUT2D eigenvalue weighted by atomic mass is 9.64. The smallest absolute Gasteiger partial charge is 0.0349 e. The van der Waals surface area contributed by atoms with Crippen molar-refractivity contribution in [1.82, 2.24) is 0 Å². The first-order valence-corrected chi connectivity index (χ1v) is 6.81. The van der Waals surface area contributed by atoms with Gasteiger partial charge >= 0.3 is 0 Å². The Labute approximate surface area is 103 Å². The minimum Gasteiger partial charge on any atom is -0.398 e. The van der Waals surface area contributed by atoms with E-state index in [1.165, 1.54) is 49.7 Å². The van der Waals surface area contributed by atoms with Crippen LogP contribution < -0.4 is 5.73 Å². The van der Waals surface area contributed by atoms with Gasteiger partial charge in [-0.3, -0.25) is 0 Å². The Bertz CT molecular complexity index is 514. The highest BCUT2D eigenvalue weighted by Gasteiger charge is 2.48. The molecular formula is C16H19N. The molecule has 2 N–H and O–H groups in total. The molecule has 3 aliphatic carbocycles. The summed E-state index contributed by atoms with van der Waals surface area (Å²) in [6, 6.07) is 6.48. The molecule has 0 amide bonds. The Morgan fingerprint density at radius 1 is 1.24 bits per heavy atom. The van der Waals surface area contributed by atoms with Gasteiger partial charge in [0.15, 0.2) is 0 Å². The van der Waals surface area contributed by atoms with Crippen LogP contribution in [0.3, 0.4) is 0 Å². The molecule has 0 aliphatic heterocycles. The Kier molecular flexibility index (Phi) is 1.81. The average molecular weight is 225 g/mol. The quantitative estimate of drug-likeness (QED) is 0.531. The molecular weight excluding hydrogens is 206 g/mol. The van der Waals surface area contributed by atoms with E-state index in [2.05, 4.69) is 24.3 Å². The number of anilines is 1. The fourth-order valence-corrected chi connectivity index (χ4v) is 4.47. The van der Waals surface area contributed by atoms with Crippen LogP contribution >= 0.6 is 0 Å². The second kappa shape index (κ2) is 3.16. The van der Waals surface area contributed by atoms with E-state index in [1.54, 1.807) is 5.57 Å². The lowest BCUT2D eigenvalue weighted by molar-refractivity contribution is 0.169. The van der Waals surface area contributed by atoms with E-state index in [9.17, 15) is 0 Å². The summed E-state index contributed by atoms with van der Waals surface area (Å²) in [7, 11) is 0. The molecule has 0 saturated heterocycles. The summed E-state index contributed by atoms with van der Waals surface area (Å²) in [6.07, 6.45) is 10.4. The number of hydrogen-bond acceptors (Lipinski definition) is 1. The Balaban J connectivity index is 1.74. The number of benzene rings is 1. The first-order valence-electron chi connectivity index (χ1n) is 6.81. The minimum atomic E-state index is 0.602. The van der Waals surface area contributed by atoms with Crippen molar-refractivity contribution in [3.05, 3.63) is 41.0 Å². The van der Waals surface area contributed by atoms with Crippen LogP contribution in [0.25, 0.3) is 0 Å². The summed E-state index contributed by atoms with van der Waals surface area (Å²) in [5.41, 5.74) is 12.4. The highest BCUT2D eigenvalue weighted by atomic mass is 14.6. The lowest BCUT2D eigenvalue weighted by Crippen LogP contribution is -2.33. The van der Waals surface area contributed by atoms with Gasteiger partial charge in [-0.25, -0.2) is 0 Å². The molecule has 3 aliphatic rings. The molecule has 1 nitrogen and oxygen atoms in total. The van der Waals surface area contributed by atoms with Gasteiger partial charge in [-0.1, -0.05) is 23.8 Å². The SMILES string of the molecule is Nc1cccc2c1CCC1(CC3=CCC1C3)C2. The highest BCUT2D eigenvalue weighted by Crippen LogP contribution is 2.58. The molecule has 4 rings (SSSR count). The van der Waals surface area contributed by atoms with Crippen LogP contribution in [0, 0.1) is 11.3 Å². The van der Waals surface area contributed by atoms with Gasteiger partial charge in [0.05, 0.1) is 0 Å². The van der Waals surface area contributed by atoms with Crippen molar-refractivity contribution < 1.29 is 0 Å². The summed E-state index contributed by atoms with van der Waals surface area (Å²) in [4.78, 5) is 0. The molecule has 2 atom stereocenters. The van der Waals surface area contributed by atoms with Crippen LogP contribution in [0.5, 0.6) is 0 Å². The number of nitrogens with two attached hydrogens (primary N) is 1. The third-order valence-electron chi connectivity index (χ3n) is 5.37. The van der Waals surface area contributed by atoms with Gasteiger partial charge in [-0.15, -0.1) is 0 Å². The average Bonchev–Trinajstić information content (AvgIpc) is 2.89. The maximum atomic E-state index is 6.09. The molecule has 88 valence electrons. The van der Waals surface area contributed by atoms with E-state index >= 15 is 0 Å².